The number of fused-ring (bicyclic) bond motifs is 1. The van der Waals surface area contributed by atoms with Crippen molar-refractivity contribution in [1.82, 2.24) is 4.90 Å². The van der Waals surface area contributed by atoms with Gasteiger partial charge in [-0.05, 0) is 78.6 Å². The Morgan fingerprint density at radius 2 is 1.93 bits per heavy atom. The predicted molar refractivity (Wildman–Crippen MR) is 113 cm³/mol. The van der Waals surface area contributed by atoms with Gasteiger partial charge in [0.05, 0.1) is 12.6 Å². The van der Waals surface area contributed by atoms with Crippen molar-refractivity contribution in [3.8, 4) is 0 Å². The van der Waals surface area contributed by atoms with Crippen molar-refractivity contribution in [2.45, 2.75) is 38.8 Å². The molecule has 1 aromatic heterocycles. The molecular formula is C23H22ClNOS. The van der Waals surface area contributed by atoms with E-state index in [0.717, 1.165) is 19.3 Å². The lowest BCUT2D eigenvalue weighted by atomic mass is 9.86. The molecule has 1 aliphatic carbocycles. The third kappa shape index (κ3) is 3.80. The smallest absolute Gasteiger partial charge is 0.254 e. The van der Waals surface area contributed by atoms with Gasteiger partial charge in [0.15, 0.2) is 0 Å². The molecule has 0 bridgehead atoms. The van der Waals surface area contributed by atoms with Gasteiger partial charge in [0.2, 0.25) is 0 Å². The van der Waals surface area contributed by atoms with Crippen molar-refractivity contribution in [2.24, 2.45) is 0 Å². The molecule has 0 saturated heterocycles. The molecule has 4 heteroatoms. The highest BCUT2D eigenvalue weighted by Gasteiger charge is 2.30. The maximum Gasteiger partial charge on any atom is 0.254 e. The van der Waals surface area contributed by atoms with Crippen LogP contribution in [0.3, 0.4) is 0 Å². The molecule has 138 valence electrons. The number of carbonyl (C=O) groups is 1. The summed E-state index contributed by atoms with van der Waals surface area (Å²) in [5.74, 6) is 0.0705. The summed E-state index contributed by atoms with van der Waals surface area (Å²) < 4.78 is 0. The Hall–Kier alpha value is -2.10. The fraction of sp³-hybridized carbons (Fsp3) is 0.261. The molecule has 0 spiro atoms. The fourth-order valence-corrected chi connectivity index (χ4v) is 4.88. The van der Waals surface area contributed by atoms with Crippen molar-refractivity contribution in [1.29, 1.82) is 0 Å². The van der Waals surface area contributed by atoms with Crippen LogP contribution in [0.5, 0.6) is 0 Å². The predicted octanol–water partition coefficient (Wildman–Crippen LogP) is 6.43. The summed E-state index contributed by atoms with van der Waals surface area (Å²) >= 11 is 7.75. The normalized spacial score (nSPS) is 16.0. The van der Waals surface area contributed by atoms with Crippen molar-refractivity contribution in [3.63, 3.8) is 0 Å². The molecule has 1 unspecified atom stereocenters. The average Bonchev–Trinajstić information content (AvgIpc) is 3.10. The highest BCUT2D eigenvalue weighted by Crippen LogP contribution is 2.37. The number of thiophene rings is 1. The average molecular weight is 396 g/mol. The van der Waals surface area contributed by atoms with Crippen molar-refractivity contribution < 1.29 is 4.79 Å². The molecule has 3 aromatic rings. The molecule has 27 heavy (non-hydrogen) atoms. The van der Waals surface area contributed by atoms with Crippen LogP contribution in [-0.2, 0) is 13.0 Å². The van der Waals surface area contributed by atoms with Crippen LogP contribution in [0.1, 0.15) is 50.8 Å². The topological polar surface area (TPSA) is 20.3 Å². The lowest BCUT2D eigenvalue weighted by Crippen LogP contribution is -2.36. The van der Waals surface area contributed by atoms with Gasteiger partial charge in [-0.25, -0.2) is 0 Å². The summed E-state index contributed by atoms with van der Waals surface area (Å²) in [7, 11) is 0. The Morgan fingerprint density at radius 3 is 2.67 bits per heavy atom. The van der Waals surface area contributed by atoms with Crippen LogP contribution < -0.4 is 0 Å². The van der Waals surface area contributed by atoms with E-state index in [1.807, 2.05) is 12.1 Å². The van der Waals surface area contributed by atoms with Gasteiger partial charge in [-0.3, -0.25) is 4.79 Å². The minimum absolute atomic E-state index is 0.0705. The maximum atomic E-state index is 13.5. The summed E-state index contributed by atoms with van der Waals surface area (Å²) in [6.07, 6.45) is 3.20. The van der Waals surface area contributed by atoms with Crippen LogP contribution in [0.15, 0.2) is 60.0 Å². The summed E-state index contributed by atoms with van der Waals surface area (Å²) in [5, 5.41) is 2.75. The Morgan fingerprint density at radius 1 is 1.15 bits per heavy atom. The number of aryl methyl sites for hydroxylation is 2. The number of rotatable bonds is 4. The largest absolute Gasteiger partial charge is 0.326 e. The molecule has 0 fully saturated rings. The molecule has 0 radical (unpaired) electrons. The first-order valence-electron chi connectivity index (χ1n) is 9.31. The monoisotopic (exact) mass is 395 g/mol. The van der Waals surface area contributed by atoms with Crippen molar-refractivity contribution in [3.05, 3.63) is 92.1 Å². The fourth-order valence-electron chi connectivity index (χ4n) is 3.85. The third-order valence-corrected chi connectivity index (χ3v) is 6.61. The van der Waals surface area contributed by atoms with E-state index in [1.54, 1.807) is 23.5 Å². The van der Waals surface area contributed by atoms with Gasteiger partial charge < -0.3 is 4.90 Å². The van der Waals surface area contributed by atoms with Gasteiger partial charge >= 0.3 is 0 Å². The lowest BCUT2D eigenvalue weighted by molar-refractivity contribution is 0.0640. The number of nitrogens with zero attached hydrogens (tertiary/aromatic N) is 1. The molecule has 2 aromatic carbocycles. The van der Waals surface area contributed by atoms with Crippen molar-refractivity contribution >= 4 is 28.8 Å². The van der Waals surface area contributed by atoms with Gasteiger partial charge in [0, 0.05) is 15.5 Å². The SMILES string of the molecule is Cc1ccsc1CN(C(=O)c1ccc(Cl)cc1)C1CCCc2ccccc21. The number of carbonyl (C=O) groups excluding carboxylic acids is 1. The van der Waals surface area contributed by atoms with Gasteiger partial charge in [0.1, 0.15) is 0 Å². The van der Waals surface area contributed by atoms with E-state index >= 15 is 0 Å². The van der Waals surface area contributed by atoms with Crippen LogP contribution in [-0.4, -0.2) is 10.8 Å². The molecule has 1 aliphatic rings. The Bertz CT molecular complexity index is 947. The van der Waals surface area contributed by atoms with E-state index < -0.39 is 0 Å². The molecular weight excluding hydrogens is 374 g/mol. The van der Waals surface area contributed by atoms with Crippen LogP contribution in [0, 0.1) is 6.92 Å². The molecule has 4 rings (SSSR count). The van der Waals surface area contributed by atoms with E-state index in [9.17, 15) is 4.79 Å². The van der Waals surface area contributed by atoms with Gasteiger partial charge in [0.25, 0.3) is 5.91 Å². The summed E-state index contributed by atoms with van der Waals surface area (Å²) in [6.45, 7) is 2.76. The zero-order valence-electron chi connectivity index (χ0n) is 15.3. The van der Waals surface area contributed by atoms with E-state index in [-0.39, 0.29) is 11.9 Å². The molecule has 0 aliphatic heterocycles. The minimum Gasteiger partial charge on any atom is -0.326 e. The Kier molecular flexibility index (Phi) is 5.33. The maximum absolute atomic E-state index is 13.5. The van der Waals surface area contributed by atoms with Crippen LogP contribution in [0.4, 0.5) is 0 Å². The van der Waals surface area contributed by atoms with Gasteiger partial charge in [-0.1, -0.05) is 35.9 Å². The first kappa shape index (κ1) is 18.3. The number of hydrogen-bond donors (Lipinski definition) is 0. The van der Waals surface area contributed by atoms with Crippen molar-refractivity contribution in [2.75, 3.05) is 0 Å². The molecule has 0 saturated carbocycles. The first-order valence-corrected chi connectivity index (χ1v) is 10.6. The number of hydrogen-bond acceptors (Lipinski definition) is 2. The zero-order chi connectivity index (χ0) is 18.8. The minimum atomic E-state index is 0.0705. The van der Waals surface area contributed by atoms with Crippen LogP contribution in [0.25, 0.3) is 0 Å². The first-order chi connectivity index (χ1) is 13.1. The van der Waals surface area contributed by atoms with E-state index in [1.165, 1.54) is 21.6 Å². The summed E-state index contributed by atoms with van der Waals surface area (Å²) in [4.78, 5) is 16.8. The Labute approximate surface area is 169 Å². The third-order valence-electron chi connectivity index (χ3n) is 5.35. The molecule has 0 N–H and O–H groups in total. The quantitative estimate of drug-likeness (QED) is 0.498. The summed E-state index contributed by atoms with van der Waals surface area (Å²) in [6, 6.07) is 18.0. The van der Waals surface area contributed by atoms with E-state index in [2.05, 4.69) is 47.5 Å². The van der Waals surface area contributed by atoms with Gasteiger partial charge in [-0.15, -0.1) is 11.3 Å². The molecule has 1 heterocycles. The molecule has 1 atom stereocenters. The zero-order valence-corrected chi connectivity index (χ0v) is 16.9. The highest BCUT2D eigenvalue weighted by molar-refractivity contribution is 7.10. The second-order valence-electron chi connectivity index (χ2n) is 7.07. The summed E-state index contributed by atoms with van der Waals surface area (Å²) in [5.41, 5.74) is 4.60. The Balaban J connectivity index is 1.73. The second-order valence-corrected chi connectivity index (χ2v) is 8.51. The molecule has 2 nitrogen and oxygen atoms in total. The van der Waals surface area contributed by atoms with Gasteiger partial charge in [-0.2, -0.15) is 0 Å². The number of amides is 1. The number of halogens is 1. The van der Waals surface area contributed by atoms with E-state index in [4.69, 9.17) is 11.6 Å². The van der Waals surface area contributed by atoms with Crippen LogP contribution >= 0.6 is 22.9 Å². The molecule has 1 amide bonds. The lowest BCUT2D eigenvalue weighted by Gasteiger charge is -2.36. The standard InChI is InChI=1S/C23H22ClNOS/c1-16-13-14-27-22(16)15-25(23(26)18-9-11-19(24)12-10-18)21-8-4-6-17-5-2-3-7-20(17)21/h2-3,5,7,9-14,21H,4,6,8,15H2,1H3. The van der Waals surface area contributed by atoms with E-state index in [0.29, 0.717) is 17.1 Å². The van der Waals surface area contributed by atoms with Crippen LogP contribution in [0.2, 0.25) is 5.02 Å². The second kappa shape index (κ2) is 7.87. The highest BCUT2D eigenvalue weighted by atomic mass is 35.5. The number of benzene rings is 2.